The first-order valence-corrected chi connectivity index (χ1v) is 14.0. The number of methoxy groups -OCH3 is 1. The molecule has 0 spiro atoms. The Kier molecular flexibility index (Phi) is 8.93. The van der Waals surface area contributed by atoms with Crippen LogP contribution in [0.25, 0.3) is 10.9 Å². The number of hydrogen-bond donors (Lipinski definition) is 2. The standard InChI is InChI=1S/C27H34ClN7O2S/c1-36-23-14-21-22(15-24(23)37-13-7-20-4-2-3-8-29-20)32-18-33-26(21)34-9-11-35(12-10-34)27(38)31-17-19-5-6-25(28)30-16-19/h5-6,14-16,18,20,29H,2-4,7-13,17H2,1H3,(H,31,38). The van der Waals surface area contributed by atoms with Crippen LogP contribution in [0.5, 0.6) is 11.5 Å². The predicted molar refractivity (Wildman–Crippen MR) is 154 cm³/mol. The van der Waals surface area contributed by atoms with Crippen LogP contribution in [0, 0.1) is 0 Å². The van der Waals surface area contributed by atoms with E-state index in [1.807, 2.05) is 18.2 Å². The van der Waals surface area contributed by atoms with E-state index in [4.69, 9.17) is 33.3 Å². The molecule has 2 aromatic heterocycles. The summed E-state index contributed by atoms with van der Waals surface area (Å²) in [5, 5.41) is 9.07. The van der Waals surface area contributed by atoms with E-state index >= 15 is 0 Å². The molecule has 1 aromatic carbocycles. The number of anilines is 1. The van der Waals surface area contributed by atoms with Crippen molar-refractivity contribution < 1.29 is 9.47 Å². The summed E-state index contributed by atoms with van der Waals surface area (Å²) in [6.07, 6.45) is 8.12. The van der Waals surface area contributed by atoms with Crippen LogP contribution in [0.2, 0.25) is 5.15 Å². The van der Waals surface area contributed by atoms with Crippen molar-refractivity contribution in [3.63, 3.8) is 0 Å². The molecule has 3 aromatic rings. The number of piperidine rings is 1. The highest BCUT2D eigenvalue weighted by Crippen LogP contribution is 2.35. The van der Waals surface area contributed by atoms with Gasteiger partial charge in [0.15, 0.2) is 16.6 Å². The second kappa shape index (κ2) is 12.7. The molecule has 0 radical (unpaired) electrons. The summed E-state index contributed by atoms with van der Waals surface area (Å²) in [7, 11) is 1.67. The Hall–Kier alpha value is -2.95. The van der Waals surface area contributed by atoms with Gasteiger partial charge >= 0.3 is 0 Å². The first-order chi connectivity index (χ1) is 18.6. The maximum Gasteiger partial charge on any atom is 0.169 e. The minimum absolute atomic E-state index is 0.485. The fourth-order valence-electron chi connectivity index (χ4n) is 4.98. The van der Waals surface area contributed by atoms with E-state index in [1.165, 1.54) is 19.3 Å². The van der Waals surface area contributed by atoms with Crippen molar-refractivity contribution in [1.29, 1.82) is 0 Å². The third-order valence-corrected chi connectivity index (χ3v) is 7.76. The molecule has 2 aliphatic heterocycles. The number of halogens is 1. The van der Waals surface area contributed by atoms with Crippen LogP contribution in [-0.4, -0.2) is 77.4 Å². The van der Waals surface area contributed by atoms with Crippen molar-refractivity contribution in [2.24, 2.45) is 0 Å². The molecule has 1 unspecified atom stereocenters. The summed E-state index contributed by atoms with van der Waals surface area (Å²) in [5.74, 6) is 2.32. The van der Waals surface area contributed by atoms with Crippen molar-refractivity contribution in [3.05, 3.63) is 47.5 Å². The van der Waals surface area contributed by atoms with Crippen molar-refractivity contribution >= 4 is 45.7 Å². The van der Waals surface area contributed by atoms with Crippen LogP contribution < -0.4 is 25.0 Å². The minimum Gasteiger partial charge on any atom is -0.493 e. The fraction of sp³-hybridized carbons (Fsp3) is 0.481. The number of thiocarbonyl (C=S) groups is 1. The van der Waals surface area contributed by atoms with Gasteiger partial charge in [-0.05, 0) is 55.7 Å². The van der Waals surface area contributed by atoms with Gasteiger partial charge in [0, 0.05) is 56.4 Å². The second-order valence-corrected chi connectivity index (χ2v) is 10.4. The van der Waals surface area contributed by atoms with Gasteiger partial charge in [-0.2, -0.15) is 0 Å². The van der Waals surface area contributed by atoms with E-state index in [1.54, 1.807) is 25.7 Å². The Bertz CT molecular complexity index is 1230. The number of nitrogens with one attached hydrogen (secondary N) is 2. The Morgan fingerprint density at radius 2 is 2.00 bits per heavy atom. The van der Waals surface area contributed by atoms with Crippen LogP contribution in [0.1, 0.15) is 31.2 Å². The Morgan fingerprint density at radius 1 is 1.13 bits per heavy atom. The van der Waals surface area contributed by atoms with Crippen LogP contribution in [0.4, 0.5) is 5.82 Å². The number of ether oxygens (including phenoxy) is 2. The predicted octanol–water partition coefficient (Wildman–Crippen LogP) is 3.79. The van der Waals surface area contributed by atoms with Crippen molar-refractivity contribution in [2.75, 3.05) is 51.3 Å². The normalized spacial score (nSPS) is 17.9. The molecule has 1 atom stereocenters. The highest BCUT2D eigenvalue weighted by molar-refractivity contribution is 7.80. The number of rotatable bonds is 8. The largest absolute Gasteiger partial charge is 0.493 e. The van der Waals surface area contributed by atoms with Crippen LogP contribution in [0.3, 0.4) is 0 Å². The van der Waals surface area contributed by atoms with Gasteiger partial charge in [-0.1, -0.05) is 24.1 Å². The van der Waals surface area contributed by atoms with Gasteiger partial charge in [-0.25, -0.2) is 15.0 Å². The monoisotopic (exact) mass is 555 g/mol. The zero-order valence-corrected chi connectivity index (χ0v) is 23.2. The van der Waals surface area contributed by atoms with E-state index < -0.39 is 0 Å². The lowest BCUT2D eigenvalue weighted by Crippen LogP contribution is -2.51. The summed E-state index contributed by atoms with van der Waals surface area (Å²) < 4.78 is 11.8. The smallest absolute Gasteiger partial charge is 0.169 e. The van der Waals surface area contributed by atoms with Gasteiger partial charge in [0.1, 0.15) is 17.3 Å². The fourth-order valence-corrected chi connectivity index (χ4v) is 5.34. The first kappa shape index (κ1) is 26.6. The van der Waals surface area contributed by atoms with E-state index in [2.05, 4.69) is 35.4 Å². The van der Waals surface area contributed by atoms with Crippen molar-refractivity contribution in [2.45, 2.75) is 38.3 Å². The SMILES string of the molecule is COc1cc2c(N3CCN(C(=S)NCc4ccc(Cl)nc4)CC3)ncnc2cc1OCCC1CCCCN1. The molecule has 0 aliphatic carbocycles. The molecule has 2 fully saturated rings. The lowest BCUT2D eigenvalue weighted by molar-refractivity contribution is 0.257. The topological polar surface area (TPSA) is 87.7 Å². The summed E-state index contributed by atoms with van der Waals surface area (Å²) in [6, 6.07) is 8.22. The number of nitrogens with zero attached hydrogens (tertiary/aromatic N) is 5. The summed E-state index contributed by atoms with van der Waals surface area (Å²) >= 11 is 11.5. The zero-order chi connectivity index (χ0) is 26.3. The third kappa shape index (κ3) is 6.54. The number of fused-ring (bicyclic) bond motifs is 1. The van der Waals surface area contributed by atoms with Crippen molar-refractivity contribution in [1.82, 2.24) is 30.5 Å². The van der Waals surface area contributed by atoms with Gasteiger partial charge in [0.25, 0.3) is 0 Å². The highest BCUT2D eigenvalue weighted by atomic mass is 35.5. The maximum absolute atomic E-state index is 6.15. The van der Waals surface area contributed by atoms with Gasteiger partial charge in [-0.3, -0.25) is 0 Å². The molecular formula is C27H34ClN7O2S. The molecule has 11 heteroatoms. The summed E-state index contributed by atoms with van der Waals surface area (Å²) in [6.45, 7) is 5.54. The molecule has 2 aliphatic rings. The molecule has 5 rings (SSSR count). The quantitative estimate of drug-likeness (QED) is 0.316. The van der Waals surface area contributed by atoms with Crippen LogP contribution in [-0.2, 0) is 6.54 Å². The van der Waals surface area contributed by atoms with E-state index in [-0.39, 0.29) is 0 Å². The first-order valence-electron chi connectivity index (χ1n) is 13.2. The van der Waals surface area contributed by atoms with E-state index in [0.717, 1.165) is 72.3 Å². The Morgan fingerprint density at radius 3 is 2.74 bits per heavy atom. The molecule has 0 amide bonds. The number of hydrogen-bond acceptors (Lipinski definition) is 8. The number of aromatic nitrogens is 3. The molecule has 0 saturated carbocycles. The average Bonchev–Trinajstić information content (AvgIpc) is 2.96. The zero-order valence-electron chi connectivity index (χ0n) is 21.7. The molecule has 9 nitrogen and oxygen atoms in total. The molecule has 38 heavy (non-hydrogen) atoms. The van der Waals surface area contributed by atoms with E-state index in [0.29, 0.717) is 30.1 Å². The molecular weight excluding hydrogens is 522 g/mol. The molecule has 2 saturated heterocycles. The van der Waals surface area contributed by atoms with E-state index in [9.17, 15) is 0 Å². The van der Waals surface area contributed by atoms with Gasteiger partial charge in [-0.15, -0.1) is 0 Å². The average molecular weight is 556 g/mol. The Labute approximate surface area is 233 Å². The van der Waals surface area contributed by atoms with Gasteiger partial charge in [0.05, 0.1) is 19.2 Å². The van der Waals surface area contributed by atoms with Crippen molar-refractivity contribution in [3.8, 4) is 11.5 Å². The summed E-state index contributed by atoms with van der Waals surface area (Å²) in [5.41, 5.74) is 1.88. The minimum atomic E-state index is 0.485. The number of pyridine rings is 1. The molecule has 4 heterocycles. The lowest BCUT2D eigenvalue weighted by atomic mass is 10.0. The van der Waals surface area contributed by atoms with Gasteiger partial charge in [0.2, 0.25) is 0 Å². The number of piperazine rings is 1. The summed E-state index contributed by atoms with van der Waals surface area (Å²) in [4.78, 5) is 17.8. The van der Waals surface area contributed by atoms with Crippen LogP contribution in [0.15, 0.2) is 36.8 Å². The van der Waals surface area contributed by atoms with Gasteiger partial charge < -0.3 is 29.9 Å². The highest BCUT2D eigenvalue weighted by Gasteiger charge is 2.23. The number of benzene rings is 1. The maximum atomic E-state index is 6.15. The lowest BCUT2D eigenvalue weighted by Gasteiger charge is -2.37. The Balaban J connectivity index is 1.20. The molecule has 2 N–H and O–H groups in total. The second-order valence-electron chi connectivity index (χ2n) is 9.62. The molecule has 202 valence electrons. The van der Waals surface area contributed by atoms with Crippen LogP contribution >= 0.6 is 23.8 Å². The molecule has 0 bridgehead atoms. The third-order valence-electron chi connectivity index (χ3n) is 7.13.